The van der Waals surface area contributed by atoms with Crippen LogP contribution in [0, 0.1) is 6.92 Å². The average Bonchev–Trinajstić information content (AvgIpc) is 2.99. The van der Waals surface area contributed by atoms with Gasteiger partial charge in [0.15, 0.2) is 5.11 Å². The van der Waals surface area contributed by atoms with Crippen molar-refractivity contribution in [1.82, 2.24) is 15.0 Å². The highest BCUT2D eigenvalue weighted by Crippen LogP contribution is 2.35. The molecular formula is C18H20N4OS3. The van der Waals surface area contributed by atoms with Gasteiger partial charge in [-0.25, -0.2) is 9.66 Å². The predicted molar refractivity (Wildman–Crippen MR) is 117 cm³/mol. The molecule has 3 rings (SSSR count). The molecule has 5 nitrogen and oxygen atoms in total. The van der Waals surface area contributed by atoms with Gasteiger partial charge in [-0.1, -0.05) is 30.3 Å². The maximum atomic E-state index is 13.0. The van der Waals surface area contributed by atoms with E-state index in [2.05, 4.69) is 22.0 Å². The summed E-state index contributed by atoms with van der Waals surface area (Å²) in [5, 5.41) is 4.16. The third-order valence-corrected chi connectivity index (χ3v) is 5.83. The van der Waals surface area contributed by atoms with Gasteiger partial charge in [-0.2, -0.15) is 11.8 Å². The minimum atomic E-state index is -0.147. The number of hydrogen-bond acceptors (Lipinski definition) is 5. The van der Waals surface area contributed by atoms with Crippen molar-refractivity contribution in [3.63, 3.8) is 0 Å². The van der Waals surface area contributed by atoms with E-state index < -0.39 is 0 Å². The van der Waals surface area contributed by atoms with E-state index in [1.165, 1.54) is 22.3 Å². The summed E-state index contributed by atoms with van der Waals surface area (Å²) in [6.45, 7) is 2.79. The van der Waals surface area contributed by atoms with Gasteiger partial charge in [-0.05, 0) is 43.1 Å². The van der Waals surface area contributed by atoms with Crippen LogP contribution in [0.1, 0.15) is 11.3 Å². The van der Waals surface area contributed by atoms with E-state index in [9.17, 15) is 4.79 Å². The number of aryl methyl sites for hydroxylation is 1. The highest BCUT2D eigenvalue weighted by molar-refractivity contribution is 7.98. The molecule has 1 aromatic carbocycles. The first-order valence-corrected chi connectivity index (χ1v) is 10.8. The monoisotopic (exact) mass is 404 g/mol. The molecule has 0 spiro atoms. The molecule has 0 aliphatic rings. The Balaban J connectivity index is 1.91. The zero-order chi connectivity index (χ0) is 18.5. The van der Waals surface area contributed by atoms with E-state index in [0.717, 1.165) is 39.6 Å². The quantitative estimate of drug-likeness (QED) is 0.484. The molecule has 0 bridgehead atoms. The summed E-state index contributed by atoms with van der Waals surface area (Å²) in [6.07, 6.45) is 4.58. The van der Waals surface area contributed by atoms with Crippen LogP contribution in [0.15, 0.2) is 41.5 Å². The number of aromatic nitrogens is 2. The average molecular weight is 405 g/mol. The molecule has 0 saturated carbocycles. The Labute approximate surface area is 165 Å². The molecule has 0 fully saturated rings. The van der Waals surface area contributed by atoms with Crippen LogP contribution in [0.3, 0.4) is 0 Å². The fraction of sp³-hybridized carbons (Fsp3) is 0.278. The third kappa shape index (κ3) is 4.08. The topological polar surface area (TPSA) is 58.9 Å². The van der Waals surface area contributed by atoms with Crippen molar-refractivity contribution in [1.29, 1.82) is 0 Å². The van der Waals surface area contributed by atoms with Crippen molar-refractivity contribution < 1.29 is 0 Å². The van der Waals surface area contributed by atoms with Crippen LogP contribution < -0.4 is 16.3 Å². The molecule has 8 heteroatoms. The van der Waals surface area contributed by atoms with Crippen molar-refractivity contribution in [2.45, 2.75) is 13.3 Å². The molecular weight excluding hydrogens is 384 g/mol. The largest absolute Gasteiger partial charge is 0.361 e. The number of thiophene rings is 1. The number of nitrogens with one attached hydrogen (secondary N) is 2. The summed E-state index contributed by atoms with van der Waals surface area (Å²) in [5.74, 6) is 1.07. The van der Waals surface area contributed by atoms with Crippen LogP contribution >= 0.6 is 35.3 Å². The van der Waals surface area contributed by atoms with Gasteiger partial charge in [0.05, 0.1) is 5.39 Å². The molecule has 0 aliphatic carbocycles. The molecule has 2 aromatic heterocycles. The summed E-state index contributed by atoms with van der Waals surface area (Å²) < 4.78 is 1.35. The Bertz CT molecular complexity index is 966. The fourth-order valence-electron chi connectivity index (χ4n) is 2.70. The number of hydrogen-bond donors (Lipinski definition) is 2. The molecule has 0 saturated heterocycles. The fourth-order valence-corrected chi connectivity index (χ4v) is 4.34. The standard InChI is InChI=1S/C18H20N4OS3/c1-12-14(13-7-4-3-5-8-13)15-16(26-12)20-11-22(17(15)23)21-18(24)19-9-6-10-25-2/h3-5,7-8,11H,6,9-10H2,1-2H3,(H2,19,21,24). The van der Waals surface area contributed by atoms with E-state index in [-0.39, 0.29) is 5.56 Å². The van der Waals surface area contributed by atoms with Crippen molar-refractivity contribution in [3.05, 3.63) is 51.9 Å². The third-order valence-electron chi connectivity index (χ3n) is 3.88. The normalized spacial score (nSPS) is 10.8. The van der Waals surface area contributed by atoms with E-state index in [1.807, 2.05) is 37.3 Å². The minimum absolute atomic E-state index is 0.147. The van der Waals surface area contributed by atoms with Crippen LogP contribution in [-0.2, 0) is 0 Å². The molecule has 0 radical (unpaired) electrons. The number of fused-ring (bicyclic) bond motifs is 1. The van der Waals surface area contributed by atoms with Gasteiger partial charge in [-0.3, -0.25) is 10.2 Å². The maximum Gasteiger partial charge on any atom is 0.281 e. The van der Waals surface area contributed by atoms with Crippen LogP contribution in [0.25, 0.3) is 21.3 Å². The second kappa shape index (κ2) is 8.66. The number of thiocarbonyl (C=S) groups is 1. The lowest BCUT2D eigenvalue weighted by molar-refractivity contribution is 0.825. The van der Waals surface area contributed by atoms with Gasteiger partial charge in [0, 0.05) is 17.0 Å². The summed E-state index contributed by atoms with van der Waals surface area (Å²) in [5.41, 5.74) is 4.74. The molecule has 0 amide bonds. The second-order valence-corrected chi connectivity index (χ2v) is 8.31. The molecule has 3 aromatic rings. The van der Waals surface area contributed by atoms with E-state index >= 15 is 0 Å². The Hall–Kier alpha value is -1.90. The maximum absolute atomic E-state index is 13.0. The zero-order valence-electron chi connectivity index (χ0n) is 14.6. The van der Waals surface area contributed by atoms with Crippen molar-refractivity contribution >= 4 is 50.6 Å². The lowest BCUT2D eigenvalue weighted by atomic mass is 10.0. The predicted octanol–water partition coefficient (Wildman–Crippen LogP) is 3.60. The van der Waals surface area contributed by atoms with E-state index in [4.69, 9.17) is 12.2 Å². The molecule has 136 valence electrons. The Morgan fingerprint density at radius 2 is 2.12 bits per heavy atom. The molecule has 26 heavy (non-hydrogen) atoms. The number of nitrogens with zero attached hydrogens (tertiary/aromatic N) is 2. The second-order valence-electron chi connectivity index (χ2n) is 5.71. The summed E-state index contributed by atoms with van der Waals surface area (Å²) in [7, 11) is 0. The van der Waals surface area contributed by atoms with Gasteiger partial charge in [0.25, 0.3) is 5.56 Å². The Kier molecular flexibility index (Phi) is 6.29. The highest BCUT2D eigenvalue weighted by atomic mass is 32.2. The van der Waals surface area contributed by atoms with E-state index in [1.54, 1.807) is 11.8 Å². The van der Waals surface area contributed by atoms with Crippen LogP contribution in [0.4, 0.5) is 0 Å². The SMILES string of the molecule is CSCCCNC(=S)Nn1cnc2sc(C)c(-c3ccccc3)c2c1=O. The first-order valence-electron chi connectivity index (χ1n) is 8.21. The summed E-state index contributed by atoms with van der Waals surface area (Å²) >= 11 is 8.61. The van der Waals surface area contributed by atoms with Gasteiger partial charge < -0.3 is 5.32 Å². The number of thioether (sulfide) groups is 1. The lowest BCUT2D eigenvalue weighted by Gasteiger charge is -2.12. The number of rotatable bonds is 6. The van der Waals surface area contributed by atoms with Gasteiger partial charge >= 0.3 is 0 Å². The molecule has 0 atom stereocenters. The van der Waals surface area contributed by atoms with Gasteiger partial charge in [0.1, 0.15) is 11.2 Å². The molecule has 0 unspecified atom stereocenters. The first kappa shape index (κ1) is 18.9. The van der Waals surface area contributed by atoms with Crippen molar-refractivity contribution in [3.8, 4) is 11.1 Å². The van der Waals surface area contributed by atoms with Crippen molar-refractivity contribution in [2.75, 3.05) is 24.0 Å². The lowest BCUT2D eigenvalue weighted by Crippen LogP contribution is -2.39. The molecule has 0 aliphatic heterocycles. The summed E-state index contributed by atoms with van der Waals surface area (Å²) in [4.78, 5) is 19.3. The van der Waals surface area contributed by atoms with Crippen molar-refractivity contribution in [2.24, 2.45) is 0 Å². The number of benzene rings is 1. The highest BCUT2D eigenvalue weighted by Gasteiger charge is 2.17. The minimum Gasteiger partial charge on any atom is -0.361 e. The zero-order valence-corrected chi connectivity index (χ0v) is 17.1. The summed E-state index contributed by atoms with van der Waals surface area (Å²) in [6, 6.07) is 9.93. The Morgan fingerprint density at radius 1 is 1.35 bits per heavy atom. The molecule has 2 N–H and O–H groups in total. The first-order chi connectivity index (χ1) is 12.6. The Morgan fingerprint density at radius 3 is 2.85 bits per heavy atom. The molecule has 2 heterocycles. The van der Waals surface area contributed by atoms with Gasteiger partial charge in [-0.15, -0.1) is 11.3 Å². The van der Waals surface area contributed by atoms with Crippen LogP contribution in [0.2, 0.25) is 0 Å². The van der Waals surface area contributed by atoms with E-state index in [0.29, 0.717) is 10.5 Å². The van der Waals surface area contributed by atoms with Gasteiger partial charge in [0.2, 0.25) is 0 Å². The smallest absolute Gasteiger partial charge is 0.281 e. The van der Waals surface area contributed by atoms with Crippen LogP contribution in [-0.4, -0.2) is 33.3 Å². The van der Waals surface area contributed by atoms with Crippen LogP contribution in [0.5, 0.6) is 0 Å².